The number of ether oxygens (including phenoxy) is 4. The lowest BCUT2D eigenvalue weighted by atomic mass is 9.75. The fraction of sp³-hybridized carbons (Fsp3) is 0.400. The van der Waals surface area contributed by atoms with Gasteiger partial charge in [0.2, 0.25) is 0 Å². The molecule has 5 nitrogen and oxygen atoms in total. The van der Waals surface area contributed by atoms with Gasteiger partial charge in [0.15, 0.2) is 0 Å². The molecule has 1 aliphatic heterocycles. The van der Waals surface area contributed by atoms with Crippen molar-refractivity contribution in [2.24, 2.45) is 0 Å². The van der Waals surface area contributed by atoms with Gasteiger partial charge in [-0.15, -0.1) is 0 Å². The second-order valence-electron chi connectivity index (χ2n) is 9.53. The largest absolute Gasteiger partial charge is 0.390 e. The van der Waals surface area contributed by atoms with Crippen LogP contribution in [-0.2, 0) is 38.8 Å². The van der Waals surface area contributed by atoms with Crippen LogP contribution in [0.4, 0.5) is 0 Å². The summed E-state index contributed by atoms with van der Waals surface area (Å²) in [6.45, 7) is 1.92. The van der Waals surface area contributed by atoms with Gasteiger partial charge in [-0.05, 0) is 29.5 Å². The minimum Gasteiger partial charge on any atom is -0.390 e. The molecular weight excluding hydrogens is 440 g/mol. The topological polar surface area (TPSA) is 57.2 Å². The molecule has 1 saturated carbocycles. The van der Waals surface area contributed by atoms with Crippen LogP contribution in [0.1, 0.15) is 36.0 Å². The van der Waals surface area contributed by atoms with E-state index < -0.39 is 23.9 Å². The third-order valence-corrected chi connectivity index (χ3v) is 7.05. The number of hydrogen-bond donors (Lipinski definition) is 1. The predicted molar refractivity (Wildman–Crippen MR) is 134 cm³/mol. The van der Waals surface area contributed by atoms with Crippen LogP contribution in [0.3, 0.4) is 0 Å². The zero-order chi connectivity index (χ0) is 23.9. The average Bonchev–Trinajstić information content (AvgIpc) is 3.37. The van der Waals surface area contributed by atoms with Gasteiger partial charge in [-0.3, -0.25) is 0 Å². The Kier molecular flexibility index (Phi) is 7.92. The fourth-order valence-electron chi connectivity index (χ4n) is 5.31. The van der Waals surface area contributed by atoms with Gasteiger partial charge in [-0.25, -0.2) is 0 Å². The quantitative estimate of drug-likeness (QED) is 0.470. The minimum absolute atomic E-state index is 0.363. The number of aliphatic hydroxyl groups excluding tert-OH is 1. The van der Waals surface area contributed by atoms with E-state index in [4.69, 9.17) is 18.9 Å². The number of hydrogen-bond acceptors (Lipinski definition) is 5. The number of rotatable bonds is 9. The van der Waals surface area contributed by atoms with E-state index in [-0.39, 0.29) is 6.10 Å². The SMILES string of the molecule is O[C@H]1C[C@@]2(CCCO2)[C@H](OCc2ccccc2)[C@@H](OCc2ccccc2)[C@@H]1OCc1ccccc1. The highest BCUT2D eigenvalue weighted by Gasteiger charge is 2.57. The maximum Gasteiger partial charge on any atom is 0.116 e. The summed E-state index contributed by atoms with van der Waals surface area (Å²) in [5.41, 5.74) is 2.64. The maximum atomic E-state index is 11.3. The van der Waals surface area contributed by atoms with Crippen molar-refractivity contribution < 1.29 is 24.1 Å². The summed E-state index contributed by atoms with van der Waals surface area (Å²) < 4.78 is 25.8. The van der Waals surface area contributed by atoms with Crippen molar-refractivity contribution in [2.75, 3.05) is 6.61 Å². The molecule has 3 aromatic carbocycles. The normalized spacial score (nSPS) is 28.4. The zero-order valence-corrected chi connectivity index (χ0v) is 20.0. The Hall–Kier alpha value is -2.54. The van der Waals surface area contributed by atoms with Gasteiger partial charge >= 0.3 is 0 Å². The molecule has 5 atom stereocenters. The summed E-state index contributed by atoms with van der Waals surface area (Å²) in [6, 6.07) is 30.3. The third kappa shape index (κ3) is 5.83. The highest BCUT2D eigenvalue weighted by molar-refractivity contribution is 5.17. The summed E-state index contributed by atoms with van der Waals surface area (Å²) in [7, 11) is 0. The van der Waals surface area contributed by atoms with E-state index in [1.807, 2.05) is 78.9 Å². The smallest absolute Gasteiger partial charge is 0.116 e. The van der Waals surface area contributed by atoms with Gasteiger partial charge in [0.25, 0.3) is 0 Å². The summed E-state index contributed by atoms with van der Waals surface area (Å²) >= 11 is 0. The predicted octanol–water partition coefficient (Wildman–Crippen LogP) is 5.06. The molecule has 0 amide bonds. The van der Waals surface area contributed by atoms with Crippen molar-refractivity contribution in [3.63, 3.8) is 0 Å². The molecule has 1 saturated heterocycles. The van der Waals surface area contributed by atoms with Crippen molar-refractivity contribution in [1.29, 1.82) is 0 Å². The minimum atomic E-state index is -0.714. The lowest BCUT2D eigenvalue weighted by molar-refractivity contribution is -0.264. The summed E-state index contributed by atoms with van der Waals surface area (Å²) in [5.74, 6) is 0. The summed E-state index contributed by atoms with van der Waals surface area (Å²) in [4.78, 5) is 0. The Labute approximate surface area is 207 Å². The van der Waals surface area contributed by atoms with Crippen molar-refractivity contribution in [2.45, 2.75) is 69.1 Å². The van der Waals surface area contributed by atoms with Crippen molar-refractivity contribution in [3.8, 4) is 0 Å². The second-order valence-corrected chi connectivity index (χ2v) is 9.53. The molecule has 0 unspecified atom stereocenters. The molecule has 2 aliphatic rings. The standard InChI is InChI=1S/C30H34O5/c31-26-19-30(17-10-18-35-30)29(34-22-25-15-8-3-9-16-25)28(33-21-24-13-6-2-7-14-24)27(26)32-20-23-11-4-1-5-12-23/h1-9,11-16,26-29,31H,10,17-22H2/t26-,27+,28-,29+,30-/m0/s1. The van der Waals surface area contributed by atoms with E-state index in [1.54, 1.807) is 0 Å². The molecule has 1 aliphatic carbocycles. The first kappa shape index (κ1) is 24.2. The lowest BCUT2D eigenvalue weighted by Gasteiger charge is -2.49. The van der Waals surface area contributed by atoms with Gasteiger partial charge in [0.05, 0.1) is 31.5 Å². The molecule has 5 rings (SSSR count). The number of aliphatic hydroxyl groups is 1. The molecule has 35 heavy (non-hydrogen) atoms. The van der Waals surface area contributed by atoms with Crippen LogP contribution < -0.4 is 0 Å². The van der Waals surface area contributed by atoms with Crippen LogP contribution in [0.5, 0.6) is 0 Å². The van der Waals surface area contributed by atoms with Crippen molar-refractivity contribution >= 4 is 0 Å². The fourth-order valence-corrected chi connectivity index (χ4v) is 5.31. The van der Waals surface area contributed by atoms with E-state index in [0.717, 1.165) is 29.5 Å². The van der Waals surface area contributed by atoms with Gasteiger partial charge in [0, 0.05) is 13.0 Å². The molecule has 184 valence electrons. The maximum absolute atomic E-state index is 11.3. The van der Waals surface area contributed by atoms with Crippen LogP contribution in [0.25, 0.3) is 0 Å². The van der Waals surface area contributed by atoms with Gasteiger partial charge in [-0.1, -0.05) is 91.0 Å². The Balaban J connectivity index is 1.41. The van der Waals surface area contributed by atoms with Crippen molar-refractivity contribution in [3.05, 3.63) is 108 Å². The highest BCUT2D eigenvalue weighted by atomic mass is 16.6. The first-order valence-corrected chi connectivity index (χ1v) is 12.5. The first-order valence-electron chi connectivity index (χ1n) is 12.5. The zero-order valence-electron chi connectivity index (χ0n) is 20.0. The molecule has 0 bridgehead atoms. The van der Waals surface area contributed by atoms with Crippen LogP contribution in [0, 0.1) is 0 Å². The Bertz CT molecular complexity index is 1020. The van der Waals surface area contributed by atoms with Crippen LogP contribution in [0.2, 0.25) is 0 Å². The molecule has 1 spiro atoms. The molecule has 0 aromatic heterocycles. The van der Waals surface area contributed by atoms with E-state index in [0.29, 0.717) is 32.8 Å². The molecule has 1 N–H and O–H groups in total. The molecule has 1 heterocycles. The Morgan fingerprint density at radius 2 is 1.17 bits per heavy atom. The molecule has 5 heteroatoms. The number of benzene rings is 3. The lowest BCUT2D eigenvalue weighted by Crippen LogP contribution is -2.64. The average molecular weight is 475 g/mol. The van der Waals surface area contributed by atoms with Crippen molar-refractivity contribution in [1.82, 2.24) is 0 Å². The monoisotopic (exact) mass is 474 g/mol. The molecule has 0 radical (unpaired) electrons. The second kappa shape index (κ2) is 11.5. The molecular formula is C30H34O5. The van der Waals surface area contributed by atoms with Crippen LogP contribution >= 0.6 is 0 Å². The van der Waals surface area contributed by atoms with Crippen LogP contribution in [-0.4, -0.2) is 41.7 Å². The van der Waals surface area contributed by atoms with E-state index in [1.165, 1.54) is 0 Å². The van der Waals surface area contributed by atoms with E-state index in [9.17, 15) is 5.11 Å². The Morgan fingerprint density at radius 3 is 1.66 bits per heavy atom. The van der Waals surface area contributed by atoms with Gasteiger partial charge in [0.1, 0.15) is 18.3 Å². The first-order chi connectivity index (χ1) is 17.2. The summed E-state index contributed by atoms with van der Waals surface area (Å²) in [6.07, 6.45) is 0.155. The summed E-state index contributed by atoms with van der Waals surface area (Å²) in [5, 5.41) is 11.3. The van der Waals surface area contributed by atoms with E-state index >= 15 is 0 Å². The molecule has 3 aromatic rings. The Morgan fingerprint density at radius 1 is 0.686 bits per heavy atom. The van der Waals surface area contributed by atoms with Gasteiger partial charge in [-0.2, -0.15) is 0 Å². The van der Waals surface area contributed by atoms with Crippen LogP contribution in [0.15, 0.2) is 91.0 Å². The molecule has 2 fully saturated rings. The highest BCUT2D eigenvalue weighted by Crippen LogP contribution is 2.44. The van der Waals surface area contributed by atoms with Gasteiger partial charge < -0.3 is 24.1 Å². The van der Waals surface area contributed by atoms with E-state index in [2.05, 4.69) is 12.1 Å². The third-order valence-electron chi connectivity index (χ3n) is 7.05.